The summed E-state index contributed by atoms with van der Waals surface area (Å²) in [6.45, 7) is 5.43. The average molecular weight is 341 g/mol. The molecule has 2 N–H and O–H groups in total. The summed E-state index contributed by atoms with van der Waals surface area (Å²) in [5.41, 5.74) is 0.782. The van der Waals surface area contributed by atoms with Crippen LogP contribution >= 0.6 is 0 Å². The van der Waals surface area contributed by atoms with E-state index in [1.807, 2.05) is 13.8 Å². The smallest absolute Gasteiger partial charge is 0.240 e. The van der Waals surface area contributed by atoms with Crippen molar-refractivity contribution in [1.29, 1.82) is 0 Å². The van der Waals surface area contributed by atoms with E-state index >= 15 is 0 Å². The summed E-state index contributed by atoms with van der Waals surface area (Å²) in [4.78, 5) is 23.1. The van der Waals surface area contributed by atoms with Crippen molar-refractivity contribution in [3.63, 3.8) is 0 Å². The van der Waals surface area contributed by atoms with Gasteiger partial charge in [0.25, 0.3) is 0 Å². The Kier molecular flexibility index (Phi) is 6.56. The summed E-state index contributed by atoms with van der Waals surface area (Å²) in [6.07, 6.45) is 1.04. The van der Waals surface area contributed by atoms with Crippen LogP contribution in [-0.2, 0) is 19.6 Å². The Morgan fingerprint density at radius 2 is 1.91 bits per heavy atom. The first-order valence-electron chi connectivity index (χ1n) is 7.21. The van der Waals surface area contributed by atoms with E-state index in [4.69, 9.17) is 0 Å². The Morgan fingerprint density at radius 1 is 1.26 bits per heavy atom. The van der Waals surface area contributed by atoms with Gasteiger partial charge in [0, 0.05) is 19.2 Å². The van der Waals surface area contributed by atoms with Gasteiger partial charge in [-0.2, -0.15) is 0 Å². The van der Waals surface area contributed by atoms with Crippen LogP contribution in [0, 0.1) is 5.92 Å². The third kappa shape index (κ3) is 6.68. The Hall–Kier alpha value is -2.09. The van der Waals surface area contributed by atoms with E-state index in [1.165, 1.54) is 13.0 Å². The van der Waals surface area contributed by atoms with Gasteiger partial charge in [-0.1, -0.05) is 19.9 Å². The number of nitrogens with one attached hydrogen (secondary N) is 2. The van der Waals surface area contributed by atoms with Crippen molar-refractivity contribution in [1.82, 2.24) is 5.32 Å². The van der Waals surface area contributed by atoms with Gasteiger partial charge in [-0.3, -0.25) is 13.9 Å². The molecule has 0 aliphatic carbocycles. The highest BCUT2D eigenvalue weighted by atomic mass is 32.2. The van der Waals surface area contributed by atoms with E-state index in [0.29, 0.717) is 17.9 Å². The lowest BCUT2D eigenvalue weighted by Gasteiger charge is -2.22. The molecule has 1 rings (SSSR count). The lowest BCUT2D eigenvalue weighted by Crippen LogP contribution is -2.41. The average Bonchev–Trinajstić information content (AvgIpc) is 2.40. The minimum absolute atomic E-state index is 0.261. The van der Waals surface area contributed by atoms with E-state index in [-0.39, 0.29) is 24.3 Å². The number of carbonyl (C=O) groups is 2. The van der Waals surface area contributed by atoms with Gasteiger partial charge in [0.1, 0.15) is 6.54 Å². The maximum absolute atomic E-state index is 12.0. The molecule has 0 fully saturated rings. The molecule has 0 atom stereocenters. The van der Waals surface area contributed by atoms with Crippen LogP contribution < -0.4 is 14.9 Å². The first-order valence-corrected chi connectivity index (χ1v) is 9.06. The zero-order valence-corrected chi connectivity index (χ0v) is 14.6. The van der Waals surface area contributed by atoms with Crippen LogP contribution in [0.4, 0.5) is 11.4 Å². The molecule has 1 aromatic rings. The molecule has 0 saturated heterocycles. The van der Waals surface area contributed by atoms with Crippen molar-refractivity contribution in [3.8, 4) is 0 Å². The molecular formula is C15H23N3O4S. The zero-order valence-electron chi connectivity index (χ0n) is 13.8. The van der Waals surface area contributed by atoms with E-state index in [9.17, 15) is 18.0 Å². The number of nitrogens with zero attached hydrogens (tertiary/aromatic N) is 1. The second kappa shape index (κ2) is 7.96. The standard InChI is InChI=1S/C15H23N3O4S/c1-11(2)9-16-15(20)10-18(23(4,21)22)14-7-5-6-13(8-14)17-12(3)19/h5-8,11H,9-10H2,1-4H3,(H,16,20)(H,17,19). The van der Waals surface area contributed by atoms with Crippen molar-refractivity contribution in [3.05, 3.63) is 24.3 Å². The van der Waals surface area contributed by atoms with Gasteiger partial charge in [-0.25, -0.2) is 8.42 Å². The fourth-order valence-electron chi connectivity index (χ4n) is 1.85. The third-order valence-electron chi connectivity index (χ3n) is 2.85. The molecule has 0 aliphatic heterocycles. The van der Waals surface area contributed by atoms with Crippen LogP contribution in [0.2, 0.25) is 0 Å². The molecule has 7 nitrogen and oxygen atoms in total. The van der Waals surface area contributed by atoms with E-state index in [0.717, 1.165) is 10.6 Å². The quantitative estimate of drug-likeness (QED) is 0.778. The predicted molar refractivity (Wildman–Crippen MR) is 90.8 cm³/mol. The molecule has 2 amide bonds. The molecule has 0 bridgehead atoms. The summed E-state index contributed by atoms with van der Waals surface area (Å²) in [5, 5.41) is 5.27. The lowest BCUT2D eigenvalue weighted by atomic mass is 10.2. The number of rotatable bonds is 7. The lowest BCUT2D eigenvalue weighted by molar-refractivity contribution is -0.119. The Morgan fingerprint density at radius 3 is 2.43 bits per heavy atom. The summed E-state index contributed by atoms with van der Waals surface area (Å²) in [5.74, 6) is -0.370. The monoisotopic (exact) mass is 341 g/mol. The first-order chi connectivity index (χ1) is 10.6. The molecule has 128 valence electrons. The minimum Gasteiger partial charge on any atom is -0.354 e. The number of benzene rings is 1. The van der Waals surface area contributed by atoms with Crippen LogP contribution in [0.3, 0.4) is 0 Å². The van der Waals surface area contributed by atoms with E-state index in [1.54, 1.807) is 18.2 Å². The molecule has 0 saturated carbocycles. The van der Waals surface area contributed by atoms with Gasteiger partial charge in [0.15, 0.2) is 0 Å². The molecule has 23 heavy (non-hydrogen) atoms. The van der Waals surface area contributed by atoms with Gasteiger partial charge < -0.3 is 10.6 Å². The zero-order chi connectivity index (χ0) is 17.6. The molecule has 0 radical (unpaired) electrons. The van der Waals surface area contributed by atoms with Crippen molar-refractivity contribution in [2.45, 2.75) is 20.8 Å². The highest BCUT2D eigenvalue weighted by Crippen LogP contribution is 2.21. The van der Waals surface area contributed by atoms with Gasteiger partial charge in [0.05, 0.1) is 11.9 Å². The summed E-state index contributed by atoms with van der Waals surface area (Å²) in [6, 6.07) is 6.34. The largest absolute Gasteiger partial charge is 0.354 e. The number of sulfonamides is 1. The molecule has 1 aromatic carbocycles. The normalized spacial score (nSPS) is 11.2. The first kappa shape index (κ1) is 19.0. The Balaban J connectivity index is 2.99. The second-order valence-electron chi connectivity index (χ2n) is 5.70. The summed E-state index contributed by atoms with van der Waals surface area (Å²) < 4.78 is 25.0. The van der Waals surface area contributed by atoms with Crippen LogP contribution in [0.15, 0.2) is 24.3 Å². The van der Waals surface area contributed by atoms with Gasteiger partial charge >= 0.3 is 0 Å². The molecule has 0 heterocycles. The number of hydrogen-bond acceptors (Lipinski definition) is 4. The highest BCUT2D eigenvalue weighted by Gasteiger charge is 2.21. The fourth-order valence-corrected chi connectivity index (χ4v) is 2.69. The van der Waals surface area contributed by atoms with Crippen LogP contribution in [-0.4, -0.2) is 39.6 Å². The minimum atomic E-state index is -3.64. The number of amides is 2. The van der Waals surface area contributed by atoms with Gasteiger partial charge in [-0.15, -0.1) is 0 Å². The van der Waals surface area contributed by atoms with Crippen molar-refractivity contribution in [2.24, 2.45) is 5.92 Å². The van der Waals surface area contributed by atoms with Crippen molar-refractivity contribution < 1.29 is 18.0 Å². The Labute approximate surface area is 137 Å². The topological polar surface area (TPSA) is 95.6 Å². The van der Waals surface area contributed by atoms with Crippen LogP contribution in [0.5, 0.6) is 0 Å². The summed E-state index contributed by atoms with van der Waals surface area (Å²) >= 11 is 0. The fraction of sp³-hybridized carbons (Fsp3) is 0.467. The van der Waals surface area contributed by atoms with Crippen molar-refractivity contribution in [2.75, 3.05) is 29.0 Å². The predicted octanol–water partition coefficient (Wildman–Crippen LogP) is 1.18. The third-order valence-corrected chi connectivity index (χ3v) is 3.99. The number of carbonyl (C=O) groups excluding carboxylic acids is 2. The van der Waals surface area contributed by atoms with E-state index in [2.05, 4.69) is 10.6 Å². The number of hydrogen-bond donors (Lipinski definition) is 2. The maximum Gasteiger partial charge on any atom is 0.240 e. The van der Waals surface area contributed by atoms with Crippen LogP contribution in [0.25, 0.3) is 0 Å². The van der Waals surface area contributed by atoms with Crippen LogP contribution in [0.1, 0.15) is 20.8 Å². The highest BCUT2D eigenvalue weighted by molar-refractivity contribution is 7.92. The maximum atomic E-state index is 12.0. The molecule has 0 aromatic heterocycles. The molecule has 0 unspecified atom stereocenters. The van der Waals surface area contributed by atoms with Gasteiger partial charge in [-0.05, 0) is 24.1 Å². The Bertz CT molecular complexity index is 671. The van der Waals surface area contributed by atoms with E-state index < -0.39 is 10.0 Å². The molecule has 0 aliphatic rings. The SMILES string of the molecule is CC(=O)Nc1cccc(N(CC(=O)NCC(C)C)S(C)(=O)=O)c1. The molecule has 0 spiro atoms. The second-order valence-corrected chi connectivity index (χ2v) is 7.61. The summed E-state index contributed by atoms with van der Waals surface area (Å²) in [7, 11) is -3.64. The van der Waals surface area contributed by atoms with Crippen molar-refractivity contribution >= 4 is 33.2 Å². The molecule has 8 heteroatoms. The molecular weight excluding hydrogens is 318 g/mol. The van der Waals surface area contributed by atoms with Gasteiger partial charge in [0.2, 0.25) is 21.8 Å². The number of anilines is 2.